The largest absolute Gasteiger partial charge is 0.295 e. The second kappa shape index (κ2) is 4.48. The number of rotatable bonds is 2. The molecular weight excluding hydrogens is 208 g/mol. The highest BCUT2D eigenvalue weighted by atomic mass is 16.1. The first kappa shape index (κ1) is 12.1. The van der Waals surface area contributed by atoms with Crippen LogP contribution >= 0.6 is 0 Å². The van der Waals surface area contributed by atoms with Crippen LogP contribution in [0.1, 0.15) is 56.0 Å². The molecule has 0 radical (unpaired) electrons. The van der Waals surface area contributed by atoms with Gasteiger partial charge in [-0.2, -0.15) is 0 Å². The summed E-state index contributed by atoms with van der Waals surface area (Å²) in [5.41, 5.74) is 3.94. The first-order valence-corrected chi connectivity index (χ1v) is 6.28. The van der Waals surface area contributed by atoms with Gasteiger partial charge in [-0.15, -0.1) is 0 Å². The Labute approximate surface area is 104 Å². The Morgan fingerprint density at radius 3 is 2.29 bits per heavy atom. The molecule has 0 aromatic heterocycles. The molecular formula is C16H20O. The van der Waals surface area contributed by atoms with Crippen LogP contribution in [0.5, 0.6) is 0 Å². The molecule has 0 bridgehead atoms. The van der Waals surface area contributed by atoms with E-state index in [-0.39, 0.29) is 5.78 Å². The highest BCUT2D eigenvalue weighted by molar-refractivity contribution is 5.94. The molecule has 90 valence electrons. The third kappa shape index (κ3) is 2.85. The summed E-state index contributed by atoms with van der Waals surface area (Å²) in [7, 11) is 0. The third-order valence-corrected chi connectivity index (χ3v) is 3.63. The third-order valence-electron chi connectivity index (χ3n) is 3.63. The van der Waals surface area contributed by atoms with Crippen LogP contribution in [0.2, 0.25) is 0 Å². The highest BCUT2D eigenvalue weighted by Crippen LogP contribution is 2.37. The first-order valence-electron chi connectivity index (χ1n) is 6.28. The zero-order valence-electron chi connectivity index (χ0n) is 10.9. The SMILES string of the molecule is CC(=O)c1ccc(C2=CCC(C)(C)CC2)cc1. The van der Waals surface area contributed by atoms with E-state index in [0.29, 0.717) is 5.41 Å². The minimum atomic E-state index is 0.135. The zero-order chi connectivity index (χ0) is 12.5. The van der Waals surface area contributed by atoms with Crippen molar-refractivity contribution >= 4 is 11.4 Å². The molecule has 17 heavy (non-hydrogen) atoms. The van der Waals surface area contributed by atoms with E-state index in [9.17, 15) is 4.79 Å². The lowest BCUT2D eigenvalue weighted by Crippen LogP contribution is -2.14. The van der Waals surface area contributed by atoms with Gasteiger partial charge in [0, 0.05) is 5.56 Å². The Bertz CT molecular complexity index is 449. The van der Waals surface area contributed by atoms with Crippen molar-refractivity contribution in [3.8, 4) is 0 Å². The first-order chi connectivity index (χ1) is 7.98. The van der Waals surface area contributed by atoms with Gasteiger partial charge in [0.2, 0.25) is 0 Å². The Hall–Kier alpha value is -1.37. The van der Waals surface area contributed by atoms with E-state index in [1.807, 2.05) is 12.1 Å². The van der Waals surface area contributed by atoms with Crippen LogP contribution in [-0.4, -0.2) is 5.78 Å². The van der Waals surface area contributed by atoms with Crippen LogP contribution in [0.3, 0.4) is 0 Å². The number of hydrogen-bond acceptors (Lipinski definition) is 1. The summed E-state index contributed by atoms with van der Waals surface area (Å²) in [5.74, 6) is 0.135. The van der Waals surface area contributed by atoms with Crippen molar-refractivity contribution in [1.29, 1.82) is 0 Å². The van der Waals surface area contributed by atoms with Crippen LogP contribution in [0.25, 0.3) is 5.57 Å². The van der Waals surface area contributed by atoms with Crippen LogP contribution in [-0.2, 0) is 0 Å². The van der Waals surface area contributed by atoms with Crippen molar-refractivity contribution in [3.63, 3.8) is 0 Å². The van der Waals surface area contributed by atoms with Gasteiger partial charge < -0.3 is 0 Å². The van der Waals surface area contributed by atoms with Crippen molar-refractivity contribution in [1.82, 2.24) is 0 Å². The average molecular weight is 228 g/mol. The fraction of sp³-hybridized carbons (Fsp3) is 0.438. The Kier molecular flexibility index (Phi) is 3.19. The van der Waals surface area contributed by atoms with E-state index < -0.39 is 0 Å². The van der Waals surface area contributed by atoms with Gasteiger partial charge in [0.25, 0.3) is 0 Å². The van der Waals surface area contributed by atoms with Crippen molar-refractivity contribution in [2.75, 3.05) is 0 Å². The summed E-state index contributed by atoms with van der Waals surface area (Å²) in [6.45, 7) is 6.25. The molecule has 0 atom stereocenters. The van der Waals surface area contributed by atoms with E-state index in [2.05, 4.69) is 32.1 Å². The monoisotopic (exact) mass is 228 g/mol. The maximum atomic E-state index is 11.2. The molecule has 0 aliphatic heterocycles. The number of carbonyl (C=O) groups excluding carboxylic acids is 1. The molecule has 0 amide bonds. The molecule has 2 rings (SSSR count). The Morgan fingerprint density at radius 1 is 1.18 bits per heavy atom. The molecule has 0 N–H and O–H groups in total. The predicted octanol–water partition coefficient (Wildman–Crippen LogP) is 4.48. The van der Waals surface area contributed by atoms with Gasteiger partial charge in [0.15, 0.2) is 5.78 Å². The summed E-state index contributed by atoms with van der Waals surface area (Å²) in [5, 5.41) is 0. The molecule has 1 aliphatic rings. The highest BCUT2D eigenvalue weighted by Gasteiger charge is 2.21. The van der Waals surface area contributed by atoms with Crippen molar-refractivity contribution in [2.24, 2.45) is 5.41 Å². The Balaban J connectivity index is 2.19. The van der Waals surface area contributed by atoms with Gasteiger partial charge in [-0.25, -0.2) is 0 Å². The van der Waals surface area contributed by atoms with E-state index in [4.69, 9.17) is 0 Å². The number of Topliss-reactive ketones (excluding diaryl/α,β-unsaturated/α-hetero) is 1. The summed E-state index contributed by atoms with van der Waals surface area (Å²) in [4.78, 5) is 11.2. The summed E-state index contributed by atoms with van der Waals surface area (Å²) in [6, 6.07) is 8.00. The number of benzene rings is 1. The Morgan fingerprint density at radius 2 is 1.82 bits per heavy atom. The van der Waals surface area contributed by atoms with Gasteiger partial charge in [0.1, 0.15) is 0 Å². The summed E-state index contributed by atoms with van der Waals surface area (Å²) in [6.07, 6.45) is 5.89. The van der Waals surface area contributed by atoms with Gasteiger partial charge in [-0.05, 0) is 42.7 Å². The second-order valence-corrected chi connectivity index (χ2v) is 5.73. The second-order valence-electron chi connectivity index (χ2n) is 5.73. The van der Waals surface area contributed by atoms with E-state index in [1.54, 1.807) is 6.92 Å². The van der Waals surface area contributed by atoms with Gasteiger partial charge >= 0.3 is 0 Å². The van der Waals surface area contributed by atoms with E-state index in [1.165, 1.54) is 17.6 Å². The number of hydrogen-bond donors (Lipinski definition) is 0. The lowest BCUT2D eigenvalue weighted by molar-refractivity contribution is 0.101. The van der Waals surface area contributed by atoms with Crippen LogP contribution in [0.4, 0.5) is 0 Å². The number of ketones is 1. The molecule has 0 fully saturated rings. The van der Waals surface area contributed by atoms with Crippen molar-refractivity contribution < 1.29 is 4.79 Å². The molecule has 0 spiro atoms. The molecule has 1 aliphatic carbocycles. The topological polar surface area (TPSA) is 17.1 Å². The standard InChI is InChI=1S/C16H20O/c1-12(17)13-4-6-14(7-5-13)15-8-10-16(2,3)11-9-15/h4-8H,9-11H2,1-3H3. The smallest absolute Gasteiger partial charge is 0.159 e. The maximum absolute atomic E-state index is 11.2. The molecule has 1 heteroatoms. The van der Waals surface area contributed by atoms with Crippen LogP contribution in [0, 0.1) is 5.41 Å². The maximum Gasteiger partial charge on any atom is 0.159 e. The fourth-order valence-corrected chi connectivity index (χ4v) is 2.26. The van der Waals surface area contributed by atoms with Gasteiger partial charge in [0.05, 0.1) is 0 Å². The lowest BCUT2D eigenvalue weighted by atomic mass is 9.77. The number of carbonyl (C=O) groups is 1. The fourth-order valence-electron chi connectivity index (χ4n) is 2.26. The van der Waals surface area contributed by atoms with E-state index >= 15 is 0 Å². The number of allylic oxidation sites excluding steroid dienone is 2. The van der Waals surface area contributed by atoms with Gasteiger partial charge in [-0.3, -0.25) is 4.79 Å². The zero-order valence-corrected chi connectivity index (χ0v) is 10.9. The molecule has 0 saturated heterocycles. The van der Waals surface area contributed by atoms with Crippen LogP contribution in [0.15, 0.2) is 30.3 Å². The van der Waals surface area contributed by atoms with Gasteiger partial charge in [-0.1, -0.05) is 44.2 Å². The normalized spacial score (nSPS) is 18.6. The molecule has 0 saturated carbocycles. The predicted molar refractivity (Wildman–Crippen MR) is 72.1 cm³/mol. The van der Waals surface area contributed by atoms with Crippen molar-refractivity contribution in [2.45, 2.75) is 40.0 Å². The molecule has 0 unspecified atom stereocenters. The lowest BCUT2D eigenvalue weighted by Gasteiger charge is -2.28. The molecule has 1 nitrogen and oxygen atoms in total. The molecule has 1 aromatic carbocycles. The average Bonchev–Trinajstić information content (AvgIpc) is 2.29. The van der Waals surface area contributed by atoms with Crippen molar-refractivity contribution in [3.05, 3.63) is 41.5 Å². The quantitative estimate of drug-likeness (QED) is 0.682. The summed E-state index contributed by atoms with van der Waals surface area (Å²) >= 11 is 0. The molecule has 1 aromatic rings. The molecule has 0 heterocycles. The van der Waals surface area contributed by atoms with Crippen LogP contribution < -0.4 is 0 Å². The summed E-state index contributed by atoms with van der Waals surface area (Å²) < 4.78 is 0. The van der Waals surface area contributed by atoms with E-state index in [0.717, 1.165) is 18.4 Å². The minimum absolute atomic E-state index is 0.135. The minimum Gasteiger partial charge on any atom is -0.295 e.